The van der Waals surface area contributed by atoms with Crippen LogP contribution in [0.25, 0.3) is 0 Å². The molecule has 0 aliphatic rings. The summed E-state index contributed by atoms with van der Waals surface area (Å²) in [5, 5.41) is 14.2. The Morgan fingerprint density at radius 2 is 2.37 bits per heavy atom. The van der Waals surface area contributed by atoms with Gasteiger partial charge in [-0.3, -0.25) is 0 Å². The van der Waals surface area contributed by atoms with Crippen LogP contribution < -0.4 is 5.32 Å². The zero-order valence-electron chi connectivity index (χ0n) is 10.8. The molecular weight excluding hydrogens is 286 g/mol. The van der Waals surface area contributed by atoms with Crippen molar-refractivity contribution in [2.75, 3.05) is 19.1 Å². The van der Waals surface area contributed by atoms with Crippen LogP contribution in [0, 0.1) is 0 Å². The third-order valence-corrected chi connectivity index (χ3v) is 3.82. The lowest BCUT2D eigenvalue weighted by atomic mass is 10.2. The smallest absolute Gasteiger partial charge is 0.326 e. The Hall–Kier alpha value is -1.28. The first-order valence-electron chi connectivity index (χ1n) is 5.66. The van der Waals surface area contributed by atoms with Crippen molar-refractivity contribution < 1.29 is 14.7 Å². The van der Waals surface area contributed by atoms with Crippen LogP contribution in [0.2, 0.25) is 0 Å². The molecular formula is C11H17N3O3S2. The van der Waals surface area contributed by atoms with Crippen LogP contribution in [0.15, 0.2) is 11.6 Å². The standard InChI is InChI=1S/C11H17N3O3S2/c1-14(7-9-12-4-6-19-9)11(17)13-8(10(15)16)3-5-18-2/h4,6,8H,3,5,7H2,1-2H3,(H,13,17)(H,15,16). The number of rotatable bonds is 7. The van der Waals surface area contributed by atoms with Crippen LogP contribution in [-0.2, 0) is 11.3 Å². The first-order valence-corrected chi connectivity index (χ1v) is 7.93. The maximum absolute atomic E-state index is 11.9. The number of thiazole rings is 1. The molecule has 0 fully saturated rings. The highest BCUT2D eigenvalue weighted by Gasteiger charge is 2.21. The van der Waals surface area contributed by atoms with E-state index < -0.39 is 18.0 Å². The van der Waals surface area contributed by atoms with E-state index in [9.17, 15) is 9.59 Å². The van der Waals surface area contributed by atoms with Crippen molar-refractivity contribution in [3.05, 3.63) is 16.6 Å². The van der Waals surface area contributed by atoms with Gasteiger partial charge in [0.2, 0.25) is 0 Å². The Kier molecular flexibility index (Phi) is 6.65. The number of carbonyl (C=O) groups is 2. The minimum absolute atomic E-state index is 0.373. The van der Waals surface area contributed by atoms with E-state index in [0.29, 0.717) is 18.7 Å². The van der Waals surface area contributed by atoms with Gasteiger partial charge in [-0.2, -0.15) is 11.8 Å². The summed E-state index contributed by atoms with van der Waals surface area (Å²) >= 11 is 3.01. The maximum Gasteiger partial charge on any atom is 0.326 e. The van der Waals surface area contributed by atoms with Crippen molar-refractivity contribution in [3.8, 4) is 0 Å². The van der Waals surface area contributed by atoms with Crippen LogP contribution in [-0.4, -0.2) is 52.1 Å². The van der Waals surface area contributed by atoms with E-state index in [1.165, 1.54) is 16.2 Å². The van der Waals surface area contributed by atoms with Gasteiger partial charge in [-0.1, -0.05) is 0 Å². The summed E-state index contributed by atoms with van der Waals surface area (Å²) in [6, 6.07) is -1.25. The summed E-state index contributed by atoms with van der Waals surface area (Å²) in [5.74, 6) is -0.321. The second-order valence-electron chi connectivity index (χ2n) is 3.90. The number of aromatic nitrogens is 1. The van der Waals surface area contributed by atoms with Gasteiger partial charge in [0.15, 0.2) is 0 Å². The van der Waals surface area contributed by atoms with Gasteiger partial charge in [-0.25, -0.2) is 14.6 Å². The number of carboxylic acids is 1. The second kappa shape index (κ2) is 8.00. The van der Waals surface area contributed by atoms with Crippen LogP contribution in [0.5, 0.6) is 0 Å². The number of thioether (sulfide) groups is 1. The Bertz CT molecular complexity index is 411. The normalized spacial score (nSPS) is 11.9. The van der Waals surface area contributed by atoms with Crippen molar-refractivity contribution in [3.63, 3.8) is 0 Å². The van der Waals surface area contributed by atoms with Crippen LogP contribution in [0.4, 0.5) is 4.79 Å². The van der Waals surface area contributed by atoms with Crippen LogP contribution in [0.1, 0.15) is 11.4 Å². The molecule has 0 saturated heterocycles. The molecule has 0 bridgehead atoms. The quantitative estimate of drug-likeness (QED) is 0.797. The predicted octanol–water partition coefficient (Wildman–Crippen LogP) is 1.49. The number of nitrogens with one attached hydrogen (secondary N) is 1. The SMILES string of the molecule is CSCCC(NC(=O)N(C)Cc1nccs1)C(=O)O. The molecule has 6 nitrogen and oxygen atoms in total. The van der Waals surface area contributed by atoms with Crippen molar-refractivity contribution in [2.24, 2.45) is 0 Å². The Morgan fingerprint density at radius 1 is 1.63 bits per heavy atom. The van der Waals surface area contributed by atoms with E-state index in [1.54, 1.807) is 25.0 Å². The molecule has 1 aromatic rings. The molecule has 106 valence electrons. The third kappa shape index (κ3) is 5.48. The molecule has 2 N–H and O–H groups in total. The average molecular weight is 303 g/mol. The molecule has 19 heavy (non-hydrogen) atoms. The fourth-order valence-electron chi connectivity index (χ4n) is 1.36. The molecule has 1 aromatic heterocycles. The number of aliphatic carboxylic acids is 1. The zero-order chi connectivity index (χ0) is 14.3. The van der Waals surface area contributed by atoms with Gasteiger partial charge in [0.1, 0.15) is 11.0 Å². The number of urea groups is 1. The van der Waals surface area contributed by atoms with Gasteiger partial charge >= 0.3 is 12.0 Å². The lowest BCUT2D eigenvalue weighted by molar-refractivity contribution is -0.139. The summed E-state index contributed by atoms with van der Waals surface area (Å²) in [6.07, 6.45) is 3.98. The van der Waals surface area contributed by atoms with E-state index in [4.69, 9.17) is 5.11 Å². The average Bonchev–Trinajstić information content (AvgIpc) is 2.86. The van der Waals surface area contributed by atoms with Gasteiger partial charge < -0.3 is 15.3 Å². The largest absolute Gasteiger partial charge is 0.480 e. The number of amides is 2. The fraction of sp³-hybridized carbons (Fsp3) is 0.545. The van der Waals surface area contributed by atoms with E-state index in [2.05, 4.69) is 10.3 Å². The van der Waals surface area contributed by atoms with Gasteiger partial charge in [0, 0.05) is 18.6 Å². The topological polar surface area (TPSA) is 82.5 Å². The molecule has 1 rings (SSSR count). The predicted molar refractivity (Wildman–Crippen MR) is 76.5 cm³/mol. The Labute approximate surface area is 120 Å². The lowest BCUT2D eigenvalue weighted by Crippen LogP contribution is -2.46. The minimum atomic E-state index is -1.01. The molecule has 0 aliphatic carbocycles. The van der Waals surface area contributed by atoms with Gasteiger partial charge in [0.25, 0.3) is 0 Å². The zero-order valence-corrected chi connectivity index (χ0v) is 12.5. The highest BCUT2D eigenvalue weighted by atomic mass is 32.2. The van der Waals surface area contributed by atoms with Crippen molar-refractivity contribution in [2.45, 2.75) is 19.0 Å². The highest BCUT2D eigenvalue weighted by molar-refractivity contribution is 7.98. The summed E-state index contributed by atoms with van der Waals surface area (Å²) < 4.78 is 0. The molecule has 1 atom stereocenters. The Balaban J connectivity index is 2.48. The summed E-state index contributed by atoms with van der Waals surface area (Å²) in [5.41, 5.74) is 0. The first kappa shape index (κ1) is 15.8. The highest BCUT2D eigenvalue weighted by Crippen LogP contribution is 2.07. The van der Waals surface area contributed by atoms with Crippen molar-refractivity contribution in [1.29, 1.82) is 0 Å². The lowest BCUT2D eigenvalue weighted by Gasteiger charge is -2.20. The van der Waals surface area contributed by atoms with Gasteiger partial charge in [-0.05, 0) is 18.4 Å². The molecule has 1 heterocycles. The molecule has 2 amide bonds. The maximum atomic E-state index is 11.9. The summed E-state index contributed by atoms with van der Waals surface area (Å²) in [7, 11) is 1.62. The molecule has 1 unspecified atom stereocenters. The monoisotopic (exact) mass is 303 g/mol. The molecule has 0 aromatic carbocycles. The number of nitrogens with zero attached hydrogens (tertiary/aromatic N) is 2. The molecule has 8 heteroatoms. The number of carbonyl (C=O) groups excluding carboxylic acids is 1. The fourth-order valence-corrected chi connectivity index (χ4v) is 2.50. The van der Waals surface area contributed by atoms with Gasteiger partial charge in [-0.15, -0.1) is 11.3 Å². The van der Waals surface area contributed by atoms with Crippen molar-refractivity contribution in [1.82, 2.24) is 15.2 Å². The number of hydrogen-bond donors (Lipinski definition) is 2. The molecule has 0 saturated carbocycles. The van der Waals surface area contributed by atoms with E-state index >= 15 is 0 Å². The van der Waals surface area contributed by atoms with E-state index in [0.717, 1.165) is 5.01 Å². The van der Waals surface area contributed by atoms with E-state index in [-0.39, 0.29) is 0 Å². The number of hydrogen-bond acceptors (Lipinski definition) is 5. The van der Waals surface area contributed by atoms with Crippen LogP contribution in [0.3, 0.4) is 0 Å². The van der Waals surface area contributed by atoms with E-state index in [1.807, 2.05) is 11.6 Å². The third-order valence-electron chi connectivity index (χ3n) is 2.41. The van der Waals surface area contributed by atoms with Gasteiger partial charge in [0.05, 0.1) is 6.54 Å². The summed E-state index contributed by atoms with van der Waals surface area (Å²) in [4.78, 5) is 28.4. The summed E-state index contributed by atoms with van der Waals surface area (Å²) in [6.45, 7) is 0.373. The molecule has 0 spiro atoms. The second-order valence-corrected chi connectivity index (χ2v) is 5.87. The molecule has 0 radical (unpaired) electrons. The number of carboxylic acid groups (broad SMARTS) is 1. The van der Waals surface area contributed by atoms with Crippen LogP contribution >= 0.6 is 23.1 Å². The Morgan fingerprint density at radius 3 is 2.89 bits per heavy atom. The van der Waals surface area contributed by atoms with Crippen molar-refractivity contribution >= 4 is 35.1 Å². The first-order chi connectivity index (χ1) is 9.04. The minimum Gasteiger partial charge on any atom is -0.480 e. The molecule has 0 aliphatic heterocycles.